The summed E-state index contributed by atoms with van der Waals surface area (Å²) in [6.45, 7) is 0. The summed E-state index contributed by atoms with van der Waals surface area (Å²) in [5, 5.41) is 12.7. The highest BCUT2D eigenvalue weighted by Crippen LogP contribution is 2.41. The molecule has 0 saturated heterocycles. The summed E-state index contributed by atoms with van der Waals surface area (Å²) in [6, 6.07) is 81.7. The summed E-state index contributed by atoms with van der Waals surface area (Å²) in [5.74, 6) is 1.89. The normalized spacial score (nSPS) is 11.6. The average molecular weight is 839 g/mol. The molecule has 0 amide bonds. The Morgan fingerprint density at radius 1 is 0.227 bits per heavy atom. The predicted molar refractivity (Wildman–Crippen MR) is 275 cm³/mol. The van der Waals surface area contributed by atoms with Crippen LogP contribution >= 0.6 is 0 Å². The number of pyridine rings is 1. The van der Waals surface area contributed by atoms with Crippen LogP contribution in [0.4, 0.5) is 0 Å². The molecule has 66 heavy (non-hydrogen) atoms. The molecule has 306 valence electrons. The van der Waals surface area contributed by atoms with Crippen molar-refractivity contribution in [2.45, 2.75) is 0 Å². The van der Waals surface area contributed by atoms with Crippen molar-refractivity contribution in [2.24, 2.45) is 0 Å². The molecule has 4 nitrogen and oxygen atoms in total. The van der Waals surface area contributed by atoms with Crippen molar-refractivity contribution in [2.75, 3.05) is 0 Å². The van der Waals surface area contributed by atoms with Crippen LogP contribution in [0.2, 0.25) is 0 Å². The van der Waals surface area contributed by atoms with Crippen molar-refractivity contribution in [3.05, 3.63) is 231 Å². The number of hydrogen-bond acceptors (Lipinski definition) is 4. The number of para-hydroxylation sites is 1. The second-order valence-corrected chi connectivity index (χ2v) is 16.9. The Morgan fingerprint density at radius 2 is 0.697 bits per heavy atom. The lowest BCUT2D eigenvalue weighted by molar-refractivity contribution is 1.08. The van der Waals surface area contributed by atoms with E-state index in [2.05, 4.69) is 231 Å². The van der Waals surface area contributed by atoms with Gasteiger partial charge in [0.05, 0.1) is 11.2 Å². The molecule has 0 aliphatic heterocycles. The molecule has 13 aromatic rings. The van der Waals surface area contributed by atoms with Crippen LogP contribution in [-0.2, 0) is 0 Å². The number of fused-ring (bicyclic) bond motifs is 9. The van der Waals surface area contributed by atoms with Gasteiger partial charge in [-0.15, -0.1) is 0 Å². The maximum atomic E-state index is 5.37. The van der Waals surface area contributed by atoms with E-state index < -0.39 is 0 Å². The van der Waals surface area contributed by atoms with Crippen molar-refractivity contribution in [1.82, 2.24) is 19.9 Å². The Morgan fingerprint density at radius 3 is 1.35 bits per heavy atom. The van der Waals surface area contributed by atoms with Gasteiger partial charge in [0.15, 0.2) is 17.5 Å². The van der Waals surface area contributed by atoms with E-state index in [0.717, 1.165) is 82.5 Å². The first-order valence-corrected chi connectivity index (χ1v) is 22.4. The molecular formula is C62H38N4. The highest BCUT2D eigenvalue weighted by Gasteiger charge is 2.19. The standard InChI is InChI=1S/C62H38N4/c1-2-16-41(17-3-1)59-54-30-15-29-48(58(54)53-28-12-13-31-57(53)63-59)40-34-32-39(33-35-40)42-20-14-21-45(36-42)60-64-61(55-37-43-18-4-6-22-46(43)49-24-8-10-26-51(49)55)66-62(65-60)56-38-44-19-5-7-23-47(44)50-25-9-11-27-52(50)56/h1-38H. The number of nitrogens with zero attached hydrogens (tertiary/aromatic N) is 4. The quantitative estimate of drug-likeness (QED) is 0.157. The number of benzene rings is 11. The van der Waals surface area contributed by atoms with Crippen molar-refractivity contribution in [3.8, 4) is 67.7 Å². The minimum Gasteiger partial charge on any atom is -0.247 e. The molecule has 0 aliphatic carbocycles. The monoisotopic (exact) mass is 838 g/mol. The molecule has 4 heteroatoms. The molecule has 2 aromatic heterocycles. The third-order valence-electron chi connectivity index (χ3n) is 13.1. The third kappa shape index (κ3) is 6.30. The lowest BCUT2D eigenvalue weighted by Crippen LogP contribution is -2.01. The molecule has 11 aromatic carbocycles. The lowest BCUT2D eigenvalue weighted by atomic mass is 9.92. The van der Waals surface area contributed by atoms with E-state index in [-0.39, 0.29) is 0 Å². The summed E-state index contributed by atoms with van der Waals surface area (Å²) in [5.41, 5.74) is 10.4. The van der Waals surface area contributed by atoms with Crippen molar-refractivity contribution in [1.29, 1.82) is 0 Å². The molecule has 0 N–H and O–H groups in total. The van der Waals surface area contributed by atoms with E-state index >= 15 is 0 Å². The molecule has 0 unspecified atom stereocenters. The number of rotatable bonds is 6. The lowest BCUT2D eigenvalue weighted by Gasteiger charge is -2.15. The van der Waals surface area contributed by atoms with Gasteiger partial charge in [-0.1, -0.05) is 206 Å². The topological polar surface area (TPSA) is 51.6 Å². The Balaban J connectivity index is 0.963. The van der Waals surface area contributed by atoms with Gasteiger partial charge >= 0.3 is 0 Å². The number of aromatic nitrogens is 4. The second-order valence-electron chi connectivity index (χ2n) is 16.9. The van der Waals surface area contributed by atoms with Crippen LogP contribution < -0.4 is 0 Å². The maximum Gasteiger partial charge on any atom is 0.164 e. The molecule has 13 rings (SSSR count). The van der Waals surface area contributed by atoms with Gasteiger partial charge in [0.1, 0.15) is 0 Å². The zero-order valence-electron chi connectivity index (χ0n) is 35.7. The predicted octanol–water partition coefficient (Wildman–Crippen LogP) is 16.2. The zero-order chi connectivity index (χ0) is 43.6. The van der Waals surface area contributed by atoms with Gasteiger partial charge in [0, 0.05) is 38.4 Å². The van der Waals surface area contributed by atoms with Gasteiger partial charge in [-0.2, -0.15) is 0 Å². The van der Waals surface area contributed by atoms with Gasteiger partial charge in [-0.3, -0.25) is 0 Å². The average Bonchev–Trinajstić information content (AvgIpc) is 3.40. The van der Waals surface area contributed by atoms with Crippen LogP contribution in [0.25, 0.3) is 132 Å². The molecule has 0 atom stereocenters. The van der Waals surface area contributed by atoms with Gasteiger partial charge in [-0.25, -0.2) is 19.9 Å². The van der Waals surface area contributed by atoms with E-state index in [9.17, 15) is 0 Å². The van der Waals surface area contributed by atoms with Crippen LogP contribution in [0.15, 0.2) is 231 Å². The largest absolute Gasteiger partial charge is 0.247 e. The summed E-state index contributed by atoms with van der Waals surface area (Å²) >= 11 is 0. The fraction of sp³-hybridized carbons (Fsp3) is 0. The molecule has 0 radical (unpaired) electrons. The van der Waals surface area contributed by atoms with Gasteiger partial charge in [0.2, 0.25) is 0 Å². The second kappa shape index (κ2) is 15.4. The first-order valence-electron chi connectivity index (χ1n) is 22.4. The van der Waals surface area contributed by atoms with Crippen molar-refractivity contribution >= 4 is 64.8 Å². The van der Waals surface area contributed by atoms with E-state index in [4.69, 9.17) is 19.9 Å². The highest BCUT2D eigenvalue weighted by molar-refractivity contribution is 6.18. The van der Waals surface area contributed by atoms with E-state index in [1.54, 1.807) is 0 Å². The zero-order valence-corrected chi connectivity index (χ0v) is 35.7. The van der Waals surface area contributed by atoms with E-state index in [0.29, 0.717) is 17.5 Å². The van der Waals surface area contributed by atoms with Crippen LogP contribution in [0.1, 0.15) is 0 Å². The van der Waals surface area contributed by atoms with Crippen molar-refractivity contribution < 1.29 is 0 Å². The Labute approximate surface area is 381 Å². The Bertz CT molecular complexity index is 3910. The molecule has 0 fully saturated rings. The van der Waals surface area contributed by atoms with Gasteiger partial charge in [-0.05, 0) is 89.6 Å². The fourth-order valence-corrected chi connectivity index (χ4v) is 9.96. The number of hydrogen-bond donors (Lipinski definition) is 0. The molecule has 2 heterocycles. The minimum atomic E-state index is 0.619. The minimum absolute atomic E-state index is 0.619. The summed E-state index contributed by atoms with van der Waals surface area (Å²) in [7, 11) is 0. The van der Waals surface area contributed by atoms with E-state index in [1.165, 1.54) is 32.5 Å². The Kier molecular flexibility index (Phi) is 8.81. The summed E-state index contributed by atoms with van der Waals surface area (Å²) < 4.78 is 0. The summed E-state index contributed by atoms with van der Waals surface area (Å²) in [4.78, 5) is 21.2. The maximum absolute atomic E-state index is 5.37. The van der Waals surface area contributed by atoms with Gasteiger partial charge in [0.25, 0.3) is 0 Å². The third-order valence-corrected chi connectivity index (χ3v) is 13.1. The van der Waals surface area contributed by atoms with Crippen LogP contribution in [0, 0.1) is 0 Å². The van der Waals surface area contributed by atoms with E-state index in [1.807, 2.05) is 0 Å². The highest BCUT2D eigenvalue weighted by atomic mass is 15.0. The molecule has 0 aliphatic rings. The summed E-state index contributed by atoms with van der Waals surface area (Å²) in [6.07, 6.45) is 0. The van der Waals surface area contributed by atoms with Crippen molar-refractivity contribution in [3.63, 3.8) is 0 Å². The van der Waals surface area contributed by atoms with Crippen LogP contribution in [0.5, 0.6) is 0 Å². The first kappa shape index (κ1) is 37.7. The molecule has 0 bridgehead atoms. The first-order chi connectivity index (χ1) is 32.7. The molecule has 0 saturated carbocycles. The van der Waals surface area contributed by atoms with Crippen LogP contribution in [0.3, 0.4) is 0 Å². The smallest absolute Gasteiger partial charge is 0.164 e. The van der Waals surface area contributed by atoms with Gasteiger partial charge < -0.3 is 0 Å². The SMILES string of the molecule is c1ccc(-c2nc3ccccc3c3c(-c4ccc(-c5cccc(-c6nc(-c7cc8ccccc8c8ccccc78)nc(-c7cc8ccccc8c8ccccc78)n6)c5)cc4)cccc23)cc1. The molecule has 0 spiro atoms. The molecular weight excluding hydrogens is 801 g/mol. The Hall–Kier alpha value is -8.86. The fourth-order valence-electron chi connectivity index (χ4n) is 9.96. The van der Waals surface area contributed by atoms with Crippen LogP contribution in [-0.4, -0.2) is 19.9 Å².